The summed E-state index contributed by atoms with van der Waals surface area (Å²) >= 11 is 0. The molecule has 0 saturated heterocycles. The fraction of sp³-hybridized carbons (Fsp3) is 0.238. The molecule has 3 aromatic rings. The molecule has 0 atom stereocenters. The molecule has 1 aromatic heterocycles. The topological polar surface area (TPSA) is 74.0 Å². The number of hydrogen-bond donors (Lipinski definition) is 3. The molecule has 0 bridgehead atoms. The van der Waals surface area contributed by atoms with Crippen molar-refractivity contribution in [1.29, 1.82) is 0 Å². The standard InChI is InChI=1S/C21H21N3O2/c1-21(2)16-11-13(7-8-18(16)24-20(21)26)19(25)22-10-9-14-12-23-17-6-4-3-5-15(14)17/h3-8,11-12,23H,9-10H2,1-2H3,(H,22,25)(H,24,26). The maximum Gasteiger partial charge on any atom is 0.251 e. The third kappa shape index (κ3) is 2.65. The van der Waals surface area contributed by atoms with Gasteiger partial charge in [-0.05, 0) is 55.7 Å². The van der Waals surface area contributed by atoms with Crippen molar-refractivity contribution >= 4 is 28.4 Å². The molecule has 132 valence electrons. The smallest absolute Gasteiger partial charge is 0.251 e. The number of aromatic amines is 1. The second-order valence-electron chi connectivity index (χ2n) is 7.20. The maximum absolute atomic E-state index is 12.5. The van der Waals surface area contributed by atoms with Gasteiger partial charge in [-0.3, -0.25) is 9.59 Å². The van der Waals surface area contributed by atoms with E-state index in [9.17, 15) is 9.59 Å². The van der Waals surface area contributed by atoms with Crippen molar-refractivity contribution < 1.29 is 9.59 Å². The van der Waals surface area contributed by atoms with Gasteiger partial charge in [-0.2, -0.15) is 0 Å². The molecule has 2 amide bonds. The van der Waals surface area contributed by atoms with Gasteiger partial charge in [0.1, 0.15) is 0 Å². The highest BCUT2D eigenvalue weighted by Crippen LogP contribution is 2.37. The zero-order valence-electron chi connectivity index (χ0n) is 14.8. The first-order valence-corrected chi connectivity index (χ1v) is 8.76. The van der Waals surface area contributed by atoms with E-state index in [4.69, 9.17) is 0 Å². The lowest BCUT2D eigenvalue weighted by molar-refractivity contribution is -0.119. The number of fused-ring (bicyclic) bond motifs is 2. The van der Waals surface area contributed by atoms with Crippen molar-refractivity contribution in [3.05, 3.63) is 65.4 Å². The molecule has 1 aliphatic rings. The number of carbonyl (C=O) groups excluding carboxylic acids is 2. The highest BCUT2D eigenvalue weighted by Gasteiger charge is 2.38. The number of H-pyrrole nitrogens is 1. The van der Waals surface area contributed by atoms with Crippen LogP contribution in [-0.4, -0.2) is 23.3 Å². The second-order valence-corrected chi connectivity index (χ2v) is 7.20. The first kappa shape index (κ1) is 16.4. The van der Waals surface area contributed by atoms with Crippen LogP contribution in [-0.2, 0) is 16.6 Å². The van der Waals surface area contributed by atoms with Crippen molar-refractivity contribution in [3.8, 4) is 0 Å². The van der Waals surface area contributed by atoms with Crippen molar-refractivity contribution in [2.45, 2.75) is 25.7 Å². The highest BCUT2D eigenvalue weighted by atomic mass is 16.2. The summed E-state index contributed by atoms with van der Waals surface area (Å²) in [6.07, 6.45) is 2.75. The first-order chi connectivity index (χ1) is 12.5. The van der Waals surface area contributed by atoms with Gasteiger partial charge in [0.15, 0.2) is 0 Å². The van der Waals surface area contributed by atoms with Crippen molar-refractivity contribution in [2.24, 2.45) is 0 Å². The van der Waals surface area contributed by atoms with Gasteiger partial charge < -0.3 is 15.6 Å². The molecule has 0 spiro atoms. The van der Waals surface area contributed by atoms with Crippen LogP contribution in [0.1, 0.15) is 35.3 Å². The van der Waals surface area contributed by atoms with Crippen LogP contribution in [0.2, 0.25) is 0 Å². The summed E-state index contributed by atoms with van der Waals surface area (Å²) in [5, 5.41) is 7.02. The Morgan fingerprint density at radius 1 is 1.15 bits per heavy atom. The van der Waals surface area contributed by atoms with Gasteiger partial charge in [-0.15, -0.1) is 0 Å². The summed E-state index contributed by atoms with van der Waals surface area (Å²) in [5.74, 6) is -0.160. The molecule has 0 unspecified atom stereocenters. The maximum atomic E-state index is 12.5. The molecule has 0 saturated carbocycles. The number of carbonyl (C=O) groups is 2. The quantitative estimate of drug-likeness (QED) is 0.677. The van der Waals surface area contributed by atoms with Crippen LogP contribution >= 0.6 is 0 Å². The Morgan fingerprint density at radius 3 is 2.81 bits per heavy atom. The molecule has 2 heterocycles. The lowest BCUT2D eigenvalue weighted by atomic mass is 9.85. The number of para-hydroxylation sites is 1. The van der Waals surface area contributed by atoms with E-state index in [0.717, 1.165) is 23.2 Å². The van der Waals surface area contributed by atoms with Crippen LogP contribution in [0.4, 0.5) is 5.69 Å². The summed E-state index contributed by atoms with van der Waals surface area (Å²) in [6, 6.07) is 13.5. The van der Waals surface area contributed by atoms with Crippen molar-refractivity contribution in [2.75, 3.05) is 11.9 Å². The van der Waals surface area contributed by atoms with E-state index in [1.54, 1.807) is 12.1 Å². The van der Waals surface area contributed by atoms with Crippen LogP contribution < -0.4 is 10.6 Å². The lowest BCUT2D eigenvalue weighted by Gasteiger charge is -2.15. The van der Waals surface area contributed by atoms with E-state index >= 15 is 0 Å². The first-order valence-electron chi connectivity index (χ1n) is 8.76. The van der Waals surface area contributed by atoms with E-state index in [1.807, 2.05) is 44.3 Å². The number of benzene rings is 2. The number of hydrogen-bond acceptors (Lipinski definition) is 2. The van der Waals surface area contributed by atoms with Crippen molar-refractivity contribution in [1.82, 2.24) is 10.3 Å². The van der Waals surface area contributed by atoms with E-state index in [2.05, 4.69) is 21.7 Å². The molecule has 3 N–H and O–H groups in total. The molecular formula is C21H21N3O2. The van der Waals surface area contributed by atoms with Gasteiger partial charge in [0.05, 0.1) is 5.41 Å². The molecular weight excluding hydrogens is 326 g/mol. The Labute approximate surface area is 151 Å². The van der Waals surface area contributed by atoms with E-state index < -0.39 is 5.41 Å². The summed E-state index contributed by atoms with van der Waals surface area (Å²) in [6.45, 7) is 4.29. The van der Waals surface area contributed by atoms with Gasteiger partial charge in [0.2, 0.25) is 5.91 Å². The third-order valence-corrected chi connectivity index (χ3v) is 5.13. The number of rotatable bonds is 4. The fourth-order valence-electron chi connectivity index (χ4n) is 3.46. The third-order valence-electron chi connectivity index (χ3n) is 5.13. The number of nitrogens with one attached hydrogen (secondary N) is 3. The zero-order chi connectivity index (χ0) is 18.3. The average molecular weight is 347 g/mol. The molecule has 5 heteroatoms. The summed E-state index contributed by atoms with van der Waals surface area (Å²) in [7, 11) is 0. The van der Waals surface area contributed by atoms with E-state index in [-0.39, 0.29) is 11.8 Å². The van der Waals surface area contributed by atoms with Gasteiger partial charge in [-0.25, -0.2) is 0 Å². The minimum Gasteiger partial charge on any atom is -0.361 e. The minimum atomic E-state index is -0.615. The minimum absolute atomic E-state index is 0.0376. The summed E-state index contributed by atoms with van der Waals surface area (Å²) < 4.78 is 0. The van der Waals surface area contributed by atoms with Gasteiger partial charge in [-0.1, -0.05) is 18.2 Å². The largest absolute Gasteiger partial charge is 0.361 e. The lowest BCUT2D eigenvalue weighted by Crippen LogP contribution is -2.28. The van der Waals surface area contributed by atoms with E-state index in [0.29, 0.717) is 12.1 Å². The number of anilines is 1. The Morgan fingerprint density at radius 2 is 1.96 bits per heavy atom. The fourth-order valence-corrected chi connectivity index (χ4v) is 3.46. The molecule has 0 fully saturated rings. The van der Waals surface area contributed by atoms with Crippen LogP contribution in [0.3, 0.4) is 0 Å². The van der Waals surface area contributed by atoms with E-state index in [1.165, 1.54) is 10.9 Å². The highest BCUT2D eigenvalue weighted by molar-refractivity contribution is 6.07. The van der Waals surface area contributed by atoms with Gasteiger partial charge in [0.25, 0.3) is 5.91 Å². The summed E-state index contributed by atoms with van der Waals surface area (Å²) in [5.41, 5.74) is 3.90. The Hall–Kier alpha value is -3.08. The zero-order valence-corrected chi connectivity index (χ0v) is 14.8. The Kier molecular flexibility index (Phi) is 3.80. The molecule has 4 rings (SSSR count). The monoisotopic (exact) mass is 347 g/mol. The Bertz CT molecular complexity index is 1020. The van der Waals surface area contributed by atoms with Crippen molar-refractivity contribution in [3.63, 3.8) is 0 Å². The van der Waals surface area contributed by atoms with Crippen LogP contribution in [0, 0.1) is 0 Å². The van der Waals surface area contributed by atoms with Gasteiger partial charge in [0, 0.05) is 34.9 Å². The molecule has 5 nitrogen and oxygen atoms in total. The molecule has 0 radical (unpaired) electrons. The number of amides is 2. The Balaban J connectivity index is 1.45. The predicted octanol–water partition coefficient (Wildman–Crippen LogP) is 3.37. The van der Waals surface area contributed by atoms with Crippen LogP contribution in [0.5, 0.6) is 0 Å². The normalized spacial score (nSPS) is 14.9. The summed E-state index contributed by atoms with van der Waals surface area (Å²) in [4.78, 5) is 27.8. The molecule has 2 aromatic carbocycles. The van der Waals surface area contributed by atoms with Gasteiger partial charge >= 0.3 is 0 Å². The van der Waals surface area contributed by atoms with Crippen LogP contribution in [0.25, 0.3) is 10.9 Å². The molecule has 26 heavy (non-hydrogen) atoms. The molecule has 0 aliphatic carbocycles. The number of aromatic nitrogens is 1. The molecule has 1 aliphatic heterocycles. The SMILES string of the molecule is CC1(C)C(=O)Nc2ccc(C(=O)NCCc3c[nH]c4ccccc34)cc21. The predicted molar refractivity (Wildman–Crippen MR) is 102 cm³/mol. The second kappa shape index (κ2) is 6.02. The van der Waals surface area contributed by atoms with Crippen LogP contribution in [0.15, 0.2) is 48.7 Å². The average Bonchev–Trinajstić information content (AvgIpc) is 3.14.